The minimum atomic E-state index is -0.657. The van der Waals surface area contributed by atoms with Gasteiger partial charge in [0.1, 0.15) is 0 Å². The van der Waals surface area contributed by atoms with Gasteiger partial charge in [0.15, 0.2) is 0 Å². The van der Waals surface area contributed by atoms with Crippen LogP contribution in [0.1, 0.15) is 61.7 Å². The van der Waals surface area contributed by atoms with Crippen LogP contribution in [0.5, 0.6) is 0 Å². The smallest absolute Gasteiger partial charge is 0.0382 e. The number of benzene rings is 6. The lowest BCUT2D eigenvalue weighted by molar-refractivity contribution is 0.217. The van der Waals surface area contributed by atoms with Crippen molar-refractivity contribution in [1.82, 2.24) is 9.80 Å². The summed E-state index contributed by atoms with van der Waals surface area (Å²) in [5, 5.41) is 6.06. The van der Waals surface area contributed by atoms with E-state index in [9.17, 15) is 0 Å². The fourth-order valence-electron chi connectivity index (χ4n) is 10.5. The molecule has 56 heavy (non-hydrogen) atoms. The van der Waals surface area contributed by atoms with Gasteiger partial charge in [0.05, 0.1) is 0 Å². The highest BCUT2D eigenvalue weighted by atomic mass is 31.1. The third-order valence-corrected chi connectivity index (χ3v) is 18.7. The molecular formula is C52H58N2P2. The Labute approximate surface area is 339 Å². The molecule has 4 heteroatoms. The standard InChI is InChI=1S/C52H58N2P2/c1-53(2)51(39-23-9-5-10-24-39)46-34-21-38-50(46)56(42-29-15-8-16-30-42)48-36-20-19-32-44(48)43-31-17-18-33-45(43)52(54(3)4)47-35-22-37-49(47)55(40-25-11-6-12-26-40)41-27-13-7-14-28-41/h5-20,23-33,36,46-47,49-52H,21-22,34-35,37-38H2,1-4H3/t46?,47-,49?,50?,51+,52+,56?/m1/s1. The van der Waals surface area contributed by atoms with Gasteiger partial charge in [-0.1, -0.05) is 183 Å². The molecule has 0 heterocycles. The summed E-state index contributed by atoms with van der Waals surface area (Å²) in [5.41, 5.74) is 6.96. The first-order valence-corrected chi connectivity index (χ1v) is 23.6. The summed E-state index contributed by atoms with van der Waals surface area (Å²) in [4.78, 5) is 5.06. The molecule has 0 saturated heterocycles. The molecule has 0 bridgehead atoms. The Morgan fingerprint density at radius 1 is 0.411 bits per heavy atom. The topological polar surface area (TPSA) is 6.48 Å². The summed E-state index contributed by atoms with van der Waals surface area (Å²) >= 11 is 0. The molecule has 286 valence electrons. The largest absolute Gasteiger partial charge is 0.302 e. The van der Waals surface area contributed by atoms with Gasteiger partial charge < -0.3 is 9.80 Å². The lowest BCUT2D eigenvalue weighted by atomic mass is 9.85. The molecule has 0 radical (unpaired) electrons. The van der Waals surface area contributed by atoms with E-state index in [4.69, 9.17) is 0 Å². The van der Waals surface area contributed by atoms with E-state index in [0.29, 0.717) is 35.2 Å². The molecule has 8 rings (SSSR count). The molecule has 6 aromatic rings. The SMILES string of the molecule is CN(C)[C@@H](c1ccccc1)C1CCCC1P(c1ccccc1)c1ccccc1-c1ccccc1[C@@H]([C@@H]1CCCC1P(c1ccccc1)c1ccccc1)N(C)C. The molecule has 0 spiro atoms. The van der Waals surface area contributed by atoms with Crippen molar-refractivity contribution in [2.24, 2.45) is 11.8 Å². The average molecular weight is 773 g/mol. The summed E-state index contributed by atoms with van der Waals surface area (Å²) in [5.74, 6) is 1.12. The molecule has 2 saturated carbocycles. The van der Waals surface area contributed by atoms with E-state index < -0.39 is 15.8 Å². The van der Waals surface area contributed by atoms with Crippen LogP contribution in [0.15, 0.2) is 170 Å². The highest BCUT2D eigenvalue weighted by molar-refractivity contribution is 7.74. The van der Waals surface area contributed by atoms with E-state index in [1.54, 1.807) is 5.30 Å². The highest BCUT2D eigenvalue weighted by Gasteiger charge is 2.43. The lowest BCUT2D eigenvalue weighted by Crippen LogP contribution is -2.35. The molecule has 2 aliphatic carbocycles. The zero-order chi connectivity index (χ0) is 38.4. The van der Waals surface area contributed by atoms with Gasteiger partial charge in [-0.25, -0.2) is 0 Å². The Balaban J connectivity index is 1.24. The van der Waals surface area contributed by atoms with E-state index in [2.05, 4.69) is 208 Å². The fraction of sp³-hybridized carbons (Fsp3) is 0.308. The van der Waals surface area contributed by atoms with Crippen LogP contribution in [0.4, 0.5) is 0 Å². The van der Waals surface area contributed by atoms with E-state index in [1.165, 1.54) is 76.7 Å². The van der Waals surface area contributed by atoms with Crippen LogP contribution in [0.2, 0.25) is 0 Å². The van der Waals surface area contributed by atoms with Crippen molar-refractivity contribution in [2.45, 2.75) is 61.9 Å². The van der Waals surface area contributed by atoms with Gasteiger partial charge >= 0.3 is 0 Å². The number of nitrogens with zero attached hydrogens (tertiary/aromatic N) is 2. The molecule has 2 nitrogen and oxygen atoms in total. The minimum absolute atomic E-state index is 0.308. The highest BCUT2D eigenvalue weighted by Crippen LogP contribution is 2.57. The van der Waals surface area contributed by atoms with Crippen LogP contribution >= 0.6 is 15.8 Å². The lowest BCUT2D eigenvalue weighted by Gasteiger charge is -2.40. The maximum Gasteiger partial charge on any atom is 0.0382 e. The zero-order valence-electron chi connectivity index (χ0n) is 33.7. The first-order chi connectivity index (χ1) is 27.5. The van der Waals surface area contributed by atoms with Crippen molar-refractivity contribution in [3.05, 3.63) is 181 Å². The normalized spacial score (nSPS) is 21.4. The van der Waals surface area contributed by atoms with Crippen LogP contribution in [0.25, 0.3) is 11.1 Å². The van der Waals surface area contributed by atoms with Crippen molar-refractivity contribution >= 4 is 37.1 Å². The van der Waals surface area contributed by atoms with E-state index >= 15 is 0 Å². The Bertz CT molecular complexity index is 2080. The van der Waals surface area contributed by atoms with E-state index in [0.717, 1.165) is 0 Å². The molecule has 4 unspecified atom stereocenters. The van der Waals surface area contributed by atoms with Crippen molar-refractivity contribution in [3.63, 3.8) is 0 Å². The summed E-state index contributed by atoms with van der Waals surface area (Å²) in [6, 6.07) is 65.6. The molecule has 0 N–H and O–H groups in total. The van der Waals surface area contributed by atoms with E-state index in [1.807, 2.05) is 0 Å². The van der Waals surface area contributed by atoms with Gasteiger partial charge in [-0.05, 0) is 136 Å². The monoisotopic (exact) mass is 772 g/mol. The van der Waals surface area contributed by atoms with E-state index in [-0.39, 0.29) is 0 Å². The minimum Gasteiger partial charge on any atom is -0.302 e. The first kappa shape index (κ1) is 38.9. The second-order valence-corrected chi connectivity index (χ2v) is 21.2. The Kier molecular flexibility index (Phi) is 12.6. The van der Waals surface area contributed by atoms with Crippen LogP contribution in [0.3, 0.4) is 0 Å². The van der Waals surface area contributed by atoms with Crippen LogP contribution in [0, 0.1) is 11.8 Å². The number of rotatable bonds is 13. The first-order valence-electron chi connectivity index (χ1n) is 20.8. The quantitative estimate of drug-likeness (QED) is 0.108. The summed E-state index contributed by atoms with van der Waals surface area (Å²) in [6.45, 7) is 0. The average Bonchev–Trinajstić information content (AvgIpc) is 3.91. The van der Waals surface area contributed by atoms with Crippen LogP contribution in [-0.2, 0) is 0 Å². The van der Waals surface area contributed by atoms with Crippen molar-refractivity contribution in [1.29, 1.82) is 0 Å². The molecule has 6 aromatic carbocycles. The van der Waals surface area contributed by atoms with Crippen LogP contribution in [-0.4, -0.2) is 49.3 Å². The third-order valence-electron chi connectivity index (χ3n) is 12.6. The maximum atomic E-state index is 2.56. The molecule has 0 aromatic heterocycles. The summed E-state index contributed by atoms with van der Waals surface area (Å²) < 4.78 is 0. The zero-order valence-corrected chi connectivity index (χ0v) is 35.5. The number of hydrogen-bond acceptors (Lipinski definition) is 2. The van der Waals surface area contributed by atoms with Crippen molar-refractivity contribution < 1.29 is 0 Å². The Morgan fingerprint density at radius 3 is 1.36 bits per heavy atom. The predicted molar refractivity (Wildman–Crippen MR) is 245 cm³/mol. The summed E-state index contributed by atoms with van der Waals surface area (Å²) in [6.07, 6.45) is 7.64. The van der Waals surface area contributed by atoms with Gasteiger partial charge in [0.2, 0.25) is 0 Å². The number of hydrogen-bond donors (Lipinski definition) is 0. The summed E-state index contributed by atoms with van der Waals surface area (Å²) in [7, 11) is 8.08. The molecule has 0 aliphatic heterocycles. The molecule has 2 aliphatic rings. The molecular weight excluding hydrogens is 715 g/mol. The predicted octanol–water partition coefficient (Wildman–Crippen LogP) is 11.2. The van der Waals surface area contributed by atoms with Gasteiger partial charge in [-0.2, -0.15) is 0 Å². The van der Waals surface area contributed by atoms with Crippen LogP contribution < -0.4 is 21.2 Å². The fourth-order valence-corrected chi connectivity index (χ4v) is 17.0. The third kappa shape index (κ3) is 8.10. The van der Waals surface area contributed by atoms with Gasteiger partial charge in [-0.15, -0.1) is 0 Å². The second-order valence-electron chi connectivity index (χ2n) is 16.4. The van der Waals surface area contributed by atoms with Gasteiger partial charge in [-0.3, -0.25) is 0 Å². The van der Waals surface area contributed by atoms with Crippen molar-refractivity contribution in [3.8, 4) is 11.1 Å². The second kappa shape index (κ2) is 18.1. The Hall–Kier alpha value is -3.90. The van der Waals surface area contributed by atoms with Crippen molar-refractivity contribution in [2.75, 3.05) is 28.2 Å². The maximum absolute atomic E-state index is 2.56. The van der Waals surface area contributed by atoms with Gasteiger partial charge in [0, 0.05) is 12.1 Å². The molecule has 7 atom stereocenters. The molecule has 2 fully saturated rings. The molecule has 0 amide bonds. The Morgan fingerprint density at radius 2 is 0.821 bits per heavy atom. The van der Waals surface area contributed by atoms with Gasteiger partial charge in [0.25, 0.3) is 0 Å².